The monoisotopic (exact) mass is 644 g/mol. The van der Waals surface area contributed by atoms with Crippen LogP contribution in [0, 0.1) is 0 Å². The molecule has 0 radical (unpaired) electrons. The van der Waals surface area contributed by atoms with Crippen molar-refractivity contribution in [1.82, 2.24) is 0 Å². The number of aromatic hydroxyl groups is 4. The van der Waals surface area contributed by atoms with Crippen LogP contribution in [-0.4, -0.2) is 20.4 Å². The highest BCUT2D eigenvalue weighted by molar-refractivity contribution is 5.53. The molecule has 3 aliphatic rings. The van der Waals surface area contributed by atoms with Crippen LogP contribution in [0.25, 0.3) is 0 Å². The van der Waals surface area contributed by atoms with Gasteiger partial charge in [0.25, 0.3) is 0 Å². The van der Waals surface area contributed by atoms with Gasteiger partial charge >= 0.3 is 0 Å². The molecule has 0 fully saturated rings. The summed E-state index contributed by atoms with van der Waals surface area (Å²) in [6.45, 7) is 0. The van der Waals surface area contributed by atoms with Gasteiger partial charge in [0.15, 0.2) is 0 Å². The molecule has 0 heterocycles. The maximum Gasteiger partial charge on any atom is 0.122 e. The minimum atomic E-state index is 0.377. The highest BCUT2D eigenvalue weighted by Gasteiger charge is 2.19. The summed E-state index contributed by atoms with van der Waals surface area (Å²) in [5, 5.41) is 46.6. The molecule has 4 N–H and O–H groups in total. The van der Waals surface area contributed by atoms with Crippen molar-refractivity contribution in [2.75, 3.05) is 0 Å². The van der Waals surface area contributed by atoms with Crippen LogP contribution in [0.15, 0.2) is 48.5 Å². The van der Waals surface area contributed by atoms with E-state index in [9.17, 15) is 20.4 Å². The molecule has 12 bridgehead atoms. The van der Waals surface area contributed by atoms with Crippen LogP contribution < -0.4 is 0 Å². The van der Waals surface area contributed by atoms with E-state index in [0.717, 1.165) is 160 Å². The van der Waals surface area contributed by atoms with Gasteiger partial charge in [-0.1, -0.05) is 61.4 Å². The molecule has 252 valence electrons. The van der Waals surface area contributed by atoms with Crippen LogP contribution >= 0.6 is 0 Å². The van der Waals surface area contributed by atoms with Crippen molar-refractivity contribution in [3.8, 4) is 23.0 Å². The molecule has 0 spiro atoms. The molecule has 0 saturated carbocycles. The third kappa shape index (κ3) is 7.38. The first-order chi connectivity index (χ1) is 23.4. The number of rotatable bonds is 0. The van der Waals surface area contributed by atoms with Crippen LogP contribution in [0.5, 0.6) is 23.0 Å². The third-order valence-corrected chi connectivity index (χ3v) is 11.2. The molecule has 48 heavy (non-hydrogen) atoms. The maximum absolute atomic E-state index is 11.6. The predicted octanol–water partition coefficient (Wildman–Crippen LogP) is 9.67. The normalized spacial score (nSPS) is 17.5. The number of fused-ring (bicyclic) bond motifs is 14. The summed E-state index contributed by atoms with van der Waals surface area (Å²) in [6.07, 6.45) is 18.2. The average molecular weight is 645 g/mol. The molecule has 0 aromatic heterocycles. The summed E-state index contributed by atoms with van der Waals surface area (Å²) >= 11 is 0. The van der Waals surface area contributed by atoms with Crippen LogP contribution in [0.3, 0.4) is 0 Å². The van der Waals surface area contributed by atoms with Gasteiger partial charge in [-0.2, -0.15) is 0 Å². The Morgan fingerprint density at radius 2 is 0.458 bits per heavy atom. The second kappa shape index (κ2) is 14.7. The number of phenolic OH excluding ortho intramolecular Hbond substituents is 4. The molecule has 7 rings (SSSR count). The Bertz CT molecular complexity index is 1530. The highest BCUT2D eigenvalue weighted by atomic mass is 16.3. The van der Waals surface area contributed by atoms with Gasteiger partial charge in [-0.25, -0.2) is 0 Å². The van der Waals surface area contributed by atoms with Crippen molar-refractivity contribution in [2.45, 2.75) is 128 Å². The number of aryl methyl sites for hydroxylation is 8. The lowest BCUT2D eigenvalue weighted by atomic mass is 9.90. The largest absolute Gasteiger partial charge is 0.507 e. The Morgan fingerprint density at radius 3 is 0.708 bits per heavy atom. The standard InChI is InChI=1S/C44H52O4/c45-41-33-15-7-8-16-34-20-30-12-4-1-3-11-29(19-33)23-37(41)27-39-25-31-13-5-2-6-14-32-22-36(18-10-9-17-35(21-31)43(39)47)44(48)40(26-32)28-38(24-30)42(34)46/h19-26,45-48H,1-18,27-28H2. The molecule has 4 heteroatoms. The molecule has 4 aromatic carbocycles. The number of benzene rings is 4. The lowest BCUT2D eigenvalue weighted by molar-refractivity contribution is 0.450. The van der Waals surface area contributed by atoms with Crippen molar-refractivity contribution >= 4 is 0 Å². The second-order valence-electron chi connectivity index (χ2n) is 14.9. The Morgan fingerprint density at radius 1 is 0.250 bits per heavy atom. The molecular formula is C44H52O4. The molecule has 0 atom stereocenters. The SMILES string of the molecule is Oc1c2cc3cc1Cc1cc4cc(c1O)CCCCc1cc(cc(c1O)Cc1cc(cc(c1O)CCCC2)CCCCC3)CCCCC4. The maximum atomic E-state index is 11.6. The fraction of sp³-hybridized carbons (Fsp3) is 0.455. The quantitative estimate of drug-likeness (QED) is 0.154. The molecule has 0 amide bonds. The van der Waals surface area contributed by atoms with Gasteiger partial charge in [-0.15, -0.1) is 0 Å². The topological polar surface area (TPSA) is 80.9 Å². The molecule has 0 unspecified atom stereocenters. The fourth-order valence-electron chi connectivity index (χ4n) is 8.55. The third-order valence-electron chi connectivity index (χ3n) is 11.2. The van der Waals surface area contributed by atoms with Crippen LogP contribution in [-0.2, 0) is 64.2 Å². The van der Waals surface area contributed by atoms with Crippen molar-refractivity contribution in [2.24, 2.45) is 0 Å². The fourth-order valence-corrected chi connectivity index (χ4v) is 8.55. The summed E-state index contributed by atoms with van der Waals surface area (Å²) < 4.78 is 0. The van der Waals surface area contributed by atoms with E-state index in [2.05, 4.69) is 48.5 Å². The molecule has 4 nitrogen and oxygen atoms in total. The molecule has 0 aliphatic heterocycles. The zero-order chi connectivity index (χ0) is 33.0. The number of hydrogen-bond donors (Lipinski definition) is 4. The summed E-state index contributed by atoms with van der Waals surface area (Å²) in [5.74, 6) is 1.51. The van der Waals surface area contributed by atoms with E-state index in [1.54, 1.807) is 0 Å². The van der Waals surface area contributed by atoms with E-state index in [-0.39, 0.29) is 0 Å². The van der Waals surface area contributed by atoms with Crippen LogP contribution in [0.1, 0.15) is 131 Å². The average Bonchev–Trinajstić information content (AvgIpc) is 3.07. The Hall–Kier alpha value is -3.92. The second-order valence-corrected chi connectivity index (χ2v) is 14.9. The highest BCUT2D eigenvalue weighted by Crippen LogP contribution is 2.37. The van der Waals surface area contributed by atoms with Crippen LogP contribution in [0.4, 0.5) is 0 Å². The first-order valence-corrected chi connectivity index (χ1v) is 18.8. The minimum Gasteiger partial charge on any atom is -0.507 e. The van der Waals surface area contributed by atoms with Gasteiger partial charge in [-0.3, -0.25) is 0 Å². The first-order valence-electron chi connectivity index (χ1n) is 18.8. The van der Waals surface area contributed by atoms with E-state index < -0.39 is 0 Å². The van der Waals surface area contributed by atoms with E-state index >= 15 is 0 Å². The smallest absolute Gasteiger partial charge is 0.122 e. The van der Waals surface area contributed by atoms with Gasteiger partial charge in [0, 0.05) is 12.8 Å². The predicted molar refractivity (Wildman–Crippen MR) is 194 cm³/mol. The molecule has 4 aromatic rings. The van der Waals surface area contributed by atoms with E-state index in [0.29, 0.717) is 35.8 Å². The zero-order valence-corrected chi connectivity index (χ0v) is 28.5. The summed E-state index contributed by atoms with van der Waals surface area (Å²) in [5.41, 5.74) is 12.8. The summed E-state index contributed by atoms with van der Waals surface area (Å²) in [6, 6.07) is 17.6. The number of hydrogen-bond acceptors (Lipinski definition) is 4. The van der Waals surface area contributed by atoms with Crippen molar-refractivity contribution < 1.29 is 20.4 Å². The van der Waals surface area contributed by atoms with Crippen LogP contribution in [0.2, 0.25) is 0 Å². The lowest BCUT2D eigenvalue weighted by Crippen LogP contribution is -2.02. The van der Waals surface area contributed by atoms with Gasteiger partial charge in [0.2, 0.25) is 0 Å². The Labute approximate surface area is 286 Å². The Balaban J connectivity index is 1.37. The molecule has 3 aliphatic carbocycles. The van der Waals surface area contributed by atoms with Crippen molar-refractivity contribution in [3.63, 3.8) is 0 Å². The molecule has 0 saturated heterocycles. The summed E-state index contributed by atoms with van der Waals surface area (Å²) in [4.78, 5) is 0. The zero-order valence-electron chi connectivity index (χ0n) is 28.5. The van der Waals surface area contributed by atoms with Gasteiger partial charge in [-0.05, 0) is 169 Å². The van der Waals surface area contributed by atoms with E-state index in [1.807, 2.05) is 0 Å². The Kier molecular flexibility index (Phi) is 9.98. The van der Waals surface area contributed by atoms with Gasteiger partial charge in [0.05, 0.1) is 0 Å². The van der Waals surface area contributed by atoms with E-state index in [4.69, 9.17) is 0 Å². The molecular weight excluding hydrogens is 592 g/mol. The summed E-state index contributed by atoms with van der Waals surface area (Å²) in [7, 11) is 0. The number of phenols is 4. The van der Waals surface area contributed by atoms with Gasteiger partial charge < -0.3 is 20.4 Å². The van der Waals surface area contributed by atoms with E-state index in [1.165, 1.54) is 22.3 Å². The first kappa shape index (κ1) is 32.6. The van der Waals surface area contributed by atoms with Crippen molar-refractivity contribution in [3.05, 3.63) is 115 Å². The minimum absolute atomic E-state index is 0.377. The lowest BCUT2D eigenvalue weighted by Gasteiger charge is -2.18. The van der Waals surface area contributed by atoms with Gasteiger partial charge in [0.1, 0.15) is 23.0 Å². The van der Waals surface area contributed by atoms with Crippen molar-refractivity contribution in [1.29, 1.82) is 0 Å².